The van der Waals surface area contributed by atoms with Crippen LogP contribution < -0.4 is 5.73 Å². The lowest BCUT2D eigenvalue weighted by atomic mass is 9.97. The Kier molecular flexibility index (Phi) is 4.58. The second-order valence-corrected chi connectivity index (χ2v) is 6.46. The molecule has 1 saturated heterocycles. The summed E-state index contributed by atoms with van der Waals surface area (Å²) in [6.45, 7) is 8.90. The van der Waals surface area contributed by atoms with Crippen molar-refractivity contribution in [3.63, 3.8) is 0 Å². The largest absolute Gasteiger partial charge is 0.339 e. The van der Waals surface area contributed by atoms with Gasteiger partial charge in [0.2, 0.25) is 5.89 Å². The highest BCUT2D eigenvalue weighted by molar-refractivity contribution is 4.98. The minimum absolute atomic E-state index is 0.0796. The van der Waals surface area contributed by atoms with E-state index in [1.807, 2.05) is 0 Å². The van der Waals surface area contributed by atoms with Crippen LogP contribution in [0, 0.1) is 0 Å². The fraction of sp³-hybridized carbons (Fsp3) is 0.857. The van der Waals surface area contributed by atoms with Gasteiger partial charge < -0.3 is 10.3 Å². The highest BCUT2D eigenvalue weighted by Gasteiger charge is 2.25. The molecule has 2 heterocycles. The zero-order valence-electron chi connectivity index (χ0n) is 12.4. The van der Waals surface area contributed by atoms with Crippen LogP contribution in [0.15, 0.2) is 4.52 Å². The number of likely N-dealkylation sites (tertiary alicyclic amines) is 1. The maximum atomic E-state index is 5.70. The Bertz CT molecular complexity index is 394. The van der Waals surface area contributed by atoms with Gasteiger partial charge in [-0.05, 0) is 32.4 Å². The zero-order chi connectivity index (χ0) is 13.9. The fourth-order valence-electron chi connectivity index (χ4n) is 2.59. The van der Waals surface area contributed by atoms with Crippen LogP contribution in [0.4, 0.5) is 0 Å². The molecule has 1 aromatic heterocycles. The molecule has 1 aliphatic heterocycles. The minimum atomic E-state index is -0.0796. The molecule has 0 aromatic carbocycles. The van der Waals surface area contributed by atoms with Crippen molar-refractivity contribution < 1.29 is 4.52 Å². The SMILES string of the molecule is CC(C)(C)c1nc(CN2CCCCC2CCN)no1. The van der Waals surface area contributed by atoms with Gasteiger partial charge in [-0.1, -0.05) is 32.3 Å². The molecule has 5 heteroatoms. The van der Waals surface area contributed by atoms with Crippen LogP contribution >= 0.6 is 0 Å². The lowest BCUT2D eigenvalue weighted by Crippen LogP contribution is -2.40. The zero-order valence-corrected chi connectivity index (χ0v) is 12.4. The van der Waals surface area contributed by atoms with Gasteiger partial charge >= 0.3 is 0 Å². The van der Waals surface area contributed by atoms with E-state index in [1.165, 1.54) is 19.3 Å². The van der Waals surface area contributed by atoms with Gasteiger partial charge in [0.05, 0.1) is 6.54 Å². The third-order valence-corrected chi connectivity index (χ3v) is 3.70. The van der Waals surface area contributed by atoms with E-state index in [2.05, 4.69) is 35.8 Å². The molecule has 108 valence electrons. The molecule has 2 N–H and O–H groups in total. The minimum Gasteiger partial charge on any atom is -0.339 e. The molecule has 0 spiro atoms. The fourth-order valence-corrected chi connectivity index (χ4v) is 2.59. The van der Waals surface area contributed by atoms with Crippen molar-refractivity contribution in [2.75, 3.05) is 13.1 Å². The third-order valence-electron chi connectivity index (χ3n) is 3.70. The Hall–Kier alpha value is -0.940. The molecule has 1 unspecified atom stereocenters. The van der Waals surface area contributed by atoms with Crippen LogP contribution in [0.1, 0.15) is 58.2 Å². The molecule has 19 heavy (non-hydrogen) atoms. The normalized spacial score (nSPS) is 21.8. The molecular weight excluding hydrogens is 240 g/mol. The standard InChI is InChI=1S/C14H26N4O/c1-14(2,3)13-16-12(17-19-13)10-18-9-5-4-6-11(18)7-8-15/h11H,4-10,15H2,1-3H3. The lowest BCUT2D eigenvalue weighted by Gasteiger charge is -2.34. The summed E-state index contributed by atoms with van der Waals surface area (Å²) in [5.74, 6) is 1.52. The van der Waals surface area contributed by atoms with Crippen LogP contribution in [0.25, 0.3) is 0 Å². The summed E-state index contributed by atoms with van der Waals surface area (Å²) >= 11 is 0. The molecule has 0 aliphatic carbocycles. The van der Waals surface area contributed by atoms with Crippen molar-refractivity contribution in [3.8, 4) is 0 Å². The van der Waals surface area contributed by atoms with Crippen molar-refractivity contribution in [2.24, 2.45) is 5.73 Å². The van der Waals surface area contributed by atoms with Gasteiger partial charge in [-0.3, -0.25) is 4.90 Å². The van der Waals surface area contributed by atoms with E-state index in [4.69, 9.17) is 10.3 Å². The molecule has 0 saturated carbocycles. The monoisotopic (exact) mass is 266 g/mol. The van der Waals surface area contributed by atoms with E-state index < -0.39 is 0 Å². The van der Waals surface area contributed by atoms with Crippen molar-refractivity contribution in [2.45, 2.75) is 64.5 Å². The van der Waals surface area contributed by atoms with Gasteiger partial charge in [-0.25, -0.2) is 0 Å². The molecule has 1 aromatic rings. The Morgan fingerprint density at radius 3 is 2.79 bits per heavy atom. The molecule has 0 amide bonds. The first-order valence-corrected chi connectivity index (χ1v) is 7.28. The van der Waals surface area contributed by atoms with E-state index >= 15 is 0 Å². The van der Waals surface area contributed by atoms with Gasteiger partial charge in [-0.2, -0.15) is 4.98 Å². The summed E-state index contributed by atoms with van der Waals surface area (Å²) < 4.78 is 5.35. The Balaban J connectivity index is 2.00. The lowest BCUT2D eigenvalue weighted by molar-refractivity contribution is 0.129. The summed E-state index contributed by atoms with van der Waals surface area (Å²) in [5, 5.41) is 4.11. The number of hydrogen-bond donors (Lipinski definition) is 1. The molecular formula is C14H26N4O. The van der Waals surface area contributed by atoms with Crippen LogP contribution in [-0.2, 0) is 12.0 Å². The highest BCUT2D eigenvalue weighted by Crippen LogP contribution is 2.23. The number of piperidine rings is 1. The van der Waals surface area contributed by atoms with Gasteiger partial charge in [0.1, 0.15) is 0 Å². The number of nitrogens with two attached hydrogens (primary N) is 1. The van der Waals surface area contributed by atoms with Gasteiger partial charge in [0.15, 0.2) is 5.82 Å². The third kappa shape index (κ3) is 3.76. The summed E-state index contributed by atoms with van der Waals surface area (Å²) in [6.07, 6.45) is 4.86. The van der Waals surface area contributed by atoms with Crippen molar-refractivity contribution in [1.29, 1.82) is 0 Å². The maximum Gasteiger partial charge on any atom is 0.232 e. The van der Waals surface area contributed by atoms with Crippen molar-refractivity contribution in [1.82, 2.24) is 15.0 Å². The molecule has 1 aliphatic rings. The van der Waals surface area contributed by atoms with E-state index in [0.717, 1.165) is 37.8 Å². The average molecular weight is 266 g/mol. The Morgan fingerprint density at radius 1 is 1.37 bits per heavy atom. The van der Waals surface area contributed by atoms with E-state index in [0.29, 0.717) is 6.04 Å². The van der Waals surface area contributed by atoms with Crippen LogP contribution in [0.5, 0.6) is 0 Å². The first-order valence-electron chi connectivity index (χ1n) is 7.28. The summed E-state index contributed by atoms with van der Waals surface area (Å²) in [4.78, 5) is 6.97. The predicted octanol–water partition coefficient (Wildman–Crippen LogP) is 2.07. The van der Waals surface area contributed by atoms with Crippen molar-refractivity contribution >= 4 is 0 Å². The number of hydrogen-bond acceptors (Lipinski definition) is 5. The van der Waals surface area contributed by atoms with E-state index in [1.54, 1.807) is 0 Å². The molecule has 2 rings (SSSR count). The second kappa shape index (κ2) is 6.01. The molecule has 5 nitrogen and oxygen atoms in total. The first kappa shape index (κ1) is 14.5. The molecule has 0 radical (unpaired) electrons. The topological polar surface area (TPSA) is 68.2 Å². The number of rotatable bonds is 4. The molecule has 0 bridgehead atoms. The quantitative estimate of drug-likeness (QED) is 0.903. The van der Waals surface area contributed by atoms with Gasteiger partial charge in [0, 0.05) is 11.5 Å². The Labute approximate surface area is 115 Å². The van der Waals surface area contributed by atoms with Crippen LogP contribution in [0.2, 0.25) is 0 Å². The van der Waals surface area contributed by atoms with Crippen LogP contribution in [0.3, 0.4) is 0 Å². The number of aromatic nitrogens is 2. The van der Waals surface area contributed by atoms with E-state index in [9.17, 15) is 0 Å². The smallest absolute Gasteiger partial charge is 0.232 e. The molecule has 1 fully saturated rings. The molecule has 1 atom stereocenters. The second-order valence-electron chi connectivity index (χ2n) is 6.46. The van der Waals surface area contributed by atoms with Crippen LogP contribution in [-0.4, -0.2) is 34.2 Å². The van der Waals surface area contributed by atoms with E-state index in [-0.39, 0.29) is 5.41 Å². The van der Waals surface area contributed by atoms with Gasteiger partial charge in [-0.15, -0.1) is 0 Å². The average Bonchev–Trinajstić information content (AvgIpc) is 2.80. The maximum absolute atomic E-state index is 5.70. The van der Waals surface area contributed by atoms with Gasteiger partial charge in [0.25, 0.3) is 0 Å². The summed E-state index contributed by atoms with van der Waals surface area (Å²) in [6, 6.07) is 0.579. The first-order chi connectivity index (χ1) is 9.00. The summed E-state index contributed by atoms with van der Waals surface area (Å²) in [5.41, 5.74) is 5.62. The summed E-state index contributed by atoms with van der Waals surface area (Å²) in [7, 11) is 0. The highest BCUT2D eigenvalue weighted by atomic mass is 16.5. The van der Waals surface area contributed by atoms with Crippen molar-refractivity contribution in [3.05, 3.63) is 11.7 Å². The number of nitrogens with zero attached hydrogens (tertiary/aromatic N) is 3. The Morgan fingerprint density at radius 2 is 2.16 bits per heavy atom. The predicted molar refractivity (Wildman–Crippen MR) is 74.7 cm³/mol.